The Kier molecular flexibility index (Phi) is 5.43. The van der Waals surface area contributed by atoms with E-state index in [0.717, 1.165) is 0 Å². The third-order valence-corrected chi connectivity index (χ3v) is 3.84. The van der Waals surface area contributed by atoms with E-state index in [9.17, 15) is 9.18 Å². The molecule has 2 aromatic carbocycles. The smallest absolute Gasteiger partial charge is 0.274 e. The molecular weight excluding hydrogens is 355 g/mol. The molecule has 0 aliphatic heterocycles. The maximum absolute atomic E-state index is 13.7. The van der Waals surface area contributed by atoms with Gasteiger partial charge in [0.25, 0.3) is 5.91 Å². The van der Waals surface area contributed by atoms with Gasteiger partial charge in [0.1, 0.15) is 11.5 Å². The third kappa shape index (κ3) is 4.55. The summed E-state index contributed by atoms with van der Waals surface area (Å²) in [6.07, 6.45) is 0. The molecule has 0 atom stereocenters. The van der Waals surface area contributed by atoms with Gasteiger partial charge >= 0.3 is 0 Å². The molecule has 3 aromatic rings. The largest absolute Gasteiger partial charge is 0.350 e. The standard InChI is InChI=1S/C19H16ClFN4O/c1-12-10-17(18(26)24-15-8-6-14(20)7-9-15)25-19(23-12)22-11-13-4-2-3-5-16(13)21/h2-10H,11H2,1H3,(H,24,26)(H,22,23,25). The zero-order valence-corrected chi connectivity index (χ0v) is 14.7. The summed E-state index contributed by atoms with van der Waals surface area (Å²) in [7, 11) is 0. The fraction of sp³-hybridized carbons (Fsp3) is 0.105. The van der Waals surface area contributed by atoms with Crippen LogP contribution in [0.4, 0.5) is 16.0 Å². The van der Waals surface area contributed by atoms with Crippen LogP contribution in [0.15, 0.2) is 54.6 Å². The summed E-state index contributed by atoms with van der Waals surface area (Å²) < 4.78 is 13.7. The Labute approximate surface area is 155 Å². The number of aryl methyl sites for hydroxylation is 1. The lowest BCUT2D eigenvalue weighted by molar-refractivity contribution is 0.102. The molecule has 1 amide bonds. The highest BCUT2D eigenvalue weighted by atomic mass is 35.5. The van der Waals surface area contributed by atoms with Crippen molar-refractivity contribution in [1.82, 2.24) is 9.97 Å². The number of carbonyl (C=O) groups excluding carboxylic acids is 1. The molecule has 0 bridgehead atoms. The van der Waals surface area contributed by atoms with Crippen molar-refractivity contribution >= 4 is 29.1 Å². The molecular formula is C19H16ClFN4O. The van der Waals surface area contributed by atoms with Gasteiger partial charge in [-0.05, 0) is 43.3 Å². The van der Waals surface area contributed by atoms with Gasteiger partial charge in [0.2, 0.25) is 5.95 Å². The number of benzene rings is 2. The van der Waals surface area contributed by atoms with E-state index in [1.807, 2.05) is 0 Å². The zero-order valence-electron chi connectivity index (χ0n) is 14.0. The molecule has 1 heterocycles. The Hall–Kier alpha value is -2.99. The molecule has 3 rings (SSSR count). The number of carbonyl (C=O) groups is 1. The van der Waals surface area contributed by atoms with Crippen LogP contribution in [-0.4, -0.2) is 15.9 Å². The Bertz CT molecular complexity index is 931. The summed E-state index contributed by atoms with van der Waals surface area (Å²) >= 11 is 5.83. The lowest BCUT2D eigenvalue weighted by Gasteiger charge is -2.09. The summed E-state index contributed by atoms with van der Waals surface area (Å²) in [4.78, 5) is 20.9. The number of hydrogen-bond acceptors (Lipinski definition) is 4. The molecule has 26 heavy (non-hydrogen) atoms. The highest BCUT2D eigenvalue weighted by Crippen LogP contribution is 2.15. The Balaban J connectivity index is 1.73. The number of anilines is 2. The quantitative estimate of drug-likeness (QED) is 0.696. The minimum absolute atomic E-state index is 0.212. The van der Waals surface area contributed by atoms with Gasteiger partial charge in [-0.2, -0.15) is 0 Å². The topological polar surface area (TPSA) is 66.9 Å². The van der Waals surface area contributed by atoms with Gasteiger partial charge < -0.3 is 10.6 Å². The lowest BCUT2D eigenvalue weighted by Crippen LogP contribution is -2.16. The van der Waals surface area contributed by atoms with Crippen LogP contribution in [0.5, 0.6) is 0 Å². The monoisotopic (exact) mass is 370 g/mol. The Morgan fingerprint density at radius 3 is 2.58 bits per heavy atom. The molecule has 7 heteroatoms. The SMILES string of the molecule is Cc1cc(C(=O)Nc2ccc(Cl)cc2)nc(NCc2ccccc2F)n1. The number of hydrogen-bond donors (Lipinski definition) is 2. The van der Waals surface area contributed by atoms with Gasteiger partial charge in [0.05, 0.1) is 0 Å². The fourth-order valence-electron chi connectivity index (χ4n) is 2.31. The molecule has 2 N–H and O–H groups in total. The van der Waals surface area contributed by atoms with Crippen LogP contribution in [-0.2, 0) is 6.54 Å². The van der Waals surface area contributed by atoms with E-state index in [1.54, 1.807) is 55.5 Å². The second kappa shape index (κ2) is 7.93. The van der Waals surface area contributed by atoms with Gasteiger partial charge in [-0.15, -0.1) is 0 Å². The highest BCUT2D eigenvalue weighted by Gasteiger charge is 2.11. The van der Waals surface area contributed by atoms with Crippen LogP contribution in [0.3, 0.4) is 0 Å². The van der Waals surface area contributed by atoms with E-state index in [-0.39, 0.29) is 29.9 Å². The van der Waals surface area contributed by atoms with Crippen LogP contribution in [0.25, 0.3) is 0 Å². The van der Waals surface area contributed by atoms with Crippen molar-refractivity contribution in [3.63, 3.8) is 0 Å². The number of nitrogens with zero attached hydrogens (tertiary/aromatic N) is 2. The first-order chi connectivity index (χ1) is 12.5. The zero-order chi connectivity index (χ0) is 18.5. The second-order valence-corrected chi connectivity index (χ2v) is 6.06. The van der Waals surface area contributed by atoms with Crippen LogP contribution < -0.4 is 10.6 Å². The molecule has 0 aliphatic carbocycles. The predicted octanol–water partition coefficient (Wildman–Crippen LogP) is 4.44. The van der Waals surface area contributed by atoms with E-state index >= 15 is 0 Å². The number of halogens is 2. The molecule has 0 radical (unpaired) electrons. The van der Waals surface area contributed by atoms with Crippen LogP contribution in [0, 0.1) is 12.7 Å². The van der Waals surface area contributed by atoms with Crippen molar-refractivity contribution in [1.29, 1.82) is 0 Å². The van der Waals surface area contributed by atoms with E-state index in [0.29, 0.717) is 22.0 Å². The molecule has 1 aromatic heterocycles. The first kappa shape index (κ1) is 17.8. The van der Waals surface area contributed by atoms with Gasteiger partial charge in [-0.3, -0.25) is 4.79 Å². The average molecular weight is 371 g/mol. The molecule has 0 saturated heterocycles. The maximum atomic E-state index is 13.7. The first-order valence-electron chi connectivity index (χ1n) is 7.91. The van der Waals surface area contributed by atoms with Gasteiger partial charge in [-0.1, -0.05) is 29.8 Å². The first-order valence-corrected chi connectivity index (χ1v) is 8.29. The minimum Gasteiger partial charge on any atom is -0.350 e. The third-order valence-electron chi connectivity index (χ3n) is 3.58. The van der Waals surface area contributed by atoms with Crippen LogP contribution >= 0.6 is 11.6 Å². The highest BCUT2D eigenvalue weighted by molar-refractivity contribution is 6.30. The fourth-order valence-corrected chi connectivity index (χ4v) is 2.43. The van der Waals surface area contributed by atoms with Crippen LogP contribution in [0.1, 0.15) is 21.7 Å². The molecule has 0 aliphatic rings. The molecule has 5 nitrogen and oxygen atoms in total. The second-order valence-electron chi connectivity index (χ2n) is 5.62. The molecule has 0 saturated carbocycles. The van der Waals surface area contributed by atoms with Crippen molar-refractivity contribution in [3.8, 4) is 0 Å². The number of rotatable bonds is 5. The summed E-state index contributed by atoms with van der Waals surface area (Å²) in [5.74, 6) is -0.422. The van der Waals surface area contributed by atoms with Gasteiger partial charge in [-0.25, -0.2) is 14.4 Å². The van der Waals surface area contributed by atoms with Crippen molar-refractivity contribution in [2.45, 2.75) is 13.5 Å². The minimum atomic E-state index is -0.369. The van der Waals surface area contributed by atoms with Gasteiger partial charge in [0.15, 0.2) is 0 Å². The van der Waals surface area contributed by atoms with Crippen LogP contribution in [0.2, 0.25) is 5.02 Å². The Morgan fingerprint density at radius 1 is 1.12 bits per heavy atom. The van der Waals surface area contributed by atoms with Crippen molar-refractivity contribution in [3.05, 3.63) is 82.4 Å². The van der Waals surface area contributed by atoms with Crippen molar-refractivity contribution < 1.29 is 9.18 Å². The van der Waals surface area contributed by atoms with E-state index in [2.05, 4.69) is 20.6 Å². The Morgan fingerprint density at radius 2 is 1.85 bits per heavy atom. The number of aromatic nitrogens is 2. The van der Waals surface area contributed by atoms with E-state index in [4.69, 9.17) is 11.6 Å². The summed E-state index contributed by atoms with van der Waals surface area (Å²) in [6, 6.07) is 14.8. The predicted molar refractivity (Wildman–Crippen MR) is 99.9 cm³/mol. The normalized spacial score (nSPS) is 10.4. The molecule has 0 unspecified atom stereocenters. The van der Waals surface area contributed by atoms with E-state index in [1.165, 1.54) is 6.07 Å². The van der Waals surface area contributed by atoms with Gasteiger partial charge in [0, 0.05) is 28.5 Å². The summed E-state index contributed by atoms with van der Waals surface area (Å²) in [5, 5.41) is 6.28. The molecule has 0 fully saturated rings. The summed E-state index contributed by atoms with van der Waals surface area (Å²) in [5.41, 5.74) is 1.93. The molecule has 0 spiro atoms. The van der Waals surface area contributed by atoms with E-state index < -0.39 is 0 Å². The summed E-state index contributed by atoms with van der Waals surface area (Å²) in [6.45, 7) is 1.98. The number of amides is 1. The average Bonchev–Trinajstić information content (AvgIpc) is 2.62. The van der Waals surface area contributed by atoms with Crippen molar-refractivity contribution in [2.75, 3.05) is 10.6 Å². The lowest BCUT2D eigenvalue weighted by atomic mass is 10.2. The number of nitrogens with one attached hydrogen (secondary N) is 2. The molecule has 132 valence electrons. The van der Waals surface area contributed by atoms with Crippen molar-refractivity contribution in [2.24, 2.45) is 0 Å². The maximum Gasteiger partial charge on any atom is 0.274 e.